The molecule has 0 amide bonds. The van der Waals surface area contributed by atoms with Gasteiger partial charge in [0.2, 0.25) is 0 Å². The van der Waals surface area contributed by atoms with Crippen molar-refractivity contribution in [3.63, 3.8) is 0 Å². The summed E-state index contributed by atoms with van der Waals surface area (Å²) in [5.41, 5.74) is 18.6. The van der Waals surface area contributed by atoms with Gasteiger partial charge >= 0.3 is 0 Å². The molecule has 0 fully saturated rings. The molecule has 6 heteroatoms. The second-order valence-corrected chi connectivity index (χ2v) is 20.2. The Morgan fingerprint density at radius 1 is 0.256 bits per heavy atom. The molecule has 16 aromatic rings. The third-order valence-corrected chi connectivity index (χ3v) is 15.9. The van der Waals surface area contributed by atoms with E-state index in [9.17, 15) is 0 Å². The summed E-state index contributed by atoms with van der Waals surface area (Å²) < 4.78 is 9.65. The van der Waals surface area contributed by atoms with Crippen molar-refractivity contribution in [1.29, 1.82) is 0 Å². The highest BCUT2D eigenvalue weighted by atomic mass is 15.0. The first-order valence-electron chi connectivity index (χ1n) is 26.5. The lowest BCUT2D eigenvalue weighted by atomic mass is 10.0. The van der Waals surface area contributed by atoms with Crippen molar-refractivity contribution in [3.05, 3.63) is 273 Å². The standard InChI is InChI=1S/C72H46N6/c1-2-46-35-37-47(38-36-46)72-73-62(48-39-50(75-64-27-11-3-19-54(64)55-20-4-12-28-65(55)75)43-51(40-48)76-66-29-13-5-21-56(66)57-22-6-14-30-67(57)76)45-63(74-72)49-41-52(77-68-31-15-7-23-58(68)59-24-8-16-32-69(59)77)44-53(42-49)78-70-33-17-9-25-60(70)61-26-10-18-34-71(61)78/h2-45H,1H2. The third-order valence-electron chi connectivity index (χ3n) is 15.9. The number of aromatic nitrogens is 6. The second kappa shape index (κ2) is 17.2. The molecule has 0 saturated carbocycles. The van der Waals surface area contributed by atoms with Gasteiger partial charge in [0.15, 0.2) is 5.82 Å². The summed E-state index contributed by atoms with van der Waals surface area (Å²) in [6.07, 6.45) is 1.87. The zero-order valence-corrected chi connectivity index (χ0v) is 42.3. The van der Waals surface area contributed by atoms with Gasteiger partial charge in [-0.2, -0.15) is 0 Å². The molecular weight excluding hydrogens is 949 g/mol. The molecule has 5 heterocycles. The molecule has 78 heavy (non-hydrogen) atoms. The van der Waals surface area contributed by atoms with Crippen LogP contribution in [0.25, 0.3) is 150 Å². The predicted molar refractivity (Wildman–Crippen MR) is 326 cm³/mol. The quantitative estimate of drug-likeness (QED) is 0.152. The number of hydrogen-bond donors (Lipinski definition) is 0. The van der Waals surface area contributed by atoms with E-state index in [-0.39, 0.29) is 0 Å². The summed E-state index contributed by atoms with van der Waals surface area (Å²) >= 11 is 0. The molecular formula is C72H46N6. The first-order valence-corrected chi connectivity index (χ1v) is 26.5. The van der Waals surface area contributed by atoms with Gasteiger partial charge < -0.3 is 18.3 Å². The Labute approximate surface area is 448 Å². The molecule has 364 valence electrons. The maximum atomic E-state index is 5.59. The van der Waals surface area contributed by atoms with E-state index >= 15 is 0 Å². The smallest absolute Gasteiger partial charge is 0.160 e. The number of fused-ring (bicyclic) bond motifs is 12. The van der Waals surface area contributed by atoms with Crippen LogP contribution >= 0.6 is 0 Å². The Balaban J connectivity index is 1.01. The van der Waals surface area contributed by atoms with Crippen molar-refractivity contribution in [1.82, 2.24) is 28.2 Å². The molecule has 11 aromatic carbocycles. The topological polar surface area (TPSA) is 45.5 Å². The van der Waals surface area contributed by atoms with Crippen molar-refractivity contribution in [2.45, 2.75) is 0 Å². The Morgan fingerprint density at radius 2 is 0.500 bits per heavy atom. The van der Waals surface area contributed by atoms with Crippen LogP contribution in [-0.4, -0.2) is 28.2 Å². The van der Waals surface area contributed by atoms with Gasteiger partial charge in [0.1, 0.15) is 0 Å². The highest BCUT2D eigenvalue weighted by Gasteiger charge is 2.22. The zero-order chi connectivity index (χ0) is 51.4. The molecule has 0 spiro atoms. The fraction of sp³-hybridized carbons (Fsp3) is 0. The molecule has 0 bridgehead atoms. The molecule has 0 unspecified atom stereocenters. The average Bonchev–Trinajstić information content (AvgIpc) is 4.28. The fourth-order valence-corrected chi connectivity index (χ4v) is 12.4. The zero-order valence-electron chi connectivity index (χ0n) is 42.3. The maximum Gasteiger partial charge on any atom is 0.160 e. The minimum Gasteiger partial charge on any atom is -0.309 e. The number of nitrogens with zero attached hydrogens (tertiary/aromatic N) is 6. The maximum absolute atomic E-state index is 5.59. The van der Waals surface area contributed by atoms with Gasteiger partial charge in [0.25, 0.3) is 0 Å². The van der Waals surface area contributed by atoms with E-state index in [4.69, 9.17) is 9.97 Å². The van der Waals surface area contributed by atoms with E-state index in [1.165, 1.54) is 43.1 Å². The first kappa shape index (κ1) is 43.8. The molecule has 0 atom stereocenters. The molecule has 5 aromatic heterocycles. The van der Waals surface area contributed by atoms with E-state index in [0.717, 1.165) is 101 Å². The van der Waals surface area contributed by atoms with Crippen LogP contribution in [0.3, 0.4) is 0 Å². The number of para-hydroxylation sites is 8. The molecule has 0 aliphatic rings. The summed E-state index contributed by atoms with van der Waals surface area (Å²) in [5.74, 6) is 0.625. The summed E-state index contributed by atoms with van der Waals surface area (Å²) in [6, 6.07) is 94.3. The summed E-state index contributed by atoms with van der Waals surface area (Å²) in [4.78, 5) is 11.2. The normalized spacial score (nSPS) is 11.9. The average molecular weight is 995 g/mol. The van der Waals surface area contributed by atoms with E-state index in [2.05, 4.69) is 286 Å². The lowest BCUT2D eigenvalue weighted by molar-refractivity contribution is 1.12. The van der Waals surface area contributed by atoms with Gasteiger partial charge in [-0.25, -0.2) is 9.97 Å². The Morgan fingerprint density at radius 3 is 0.744 bits per heavy atom. The molecule has 6 nitrogen and oxygen atoms in total. The largest absolute Gasteiger partial charge is 0.309 e. The highest BCUT2D eigenvalue weighted by Crippen LogP contribution is 2.41. The lowest BCUT2D eigenvalue weighted by Crippen LogP contribution is -2.03. The molecule has 0 radical (unpaired) electrons. The minimum absolute atomic E-state index is 0.625. The van der Waals surface area contributed by atoms with Gasteiger partial charge in [0, 0.05) is 82.5 Å². The fourth-order valence-electron chi connectivity index (χ4n) is 12.4. The van der Waals surface area contributed by atoms with E-state index < -0.39 is 0 Å². The number of benzene rings is 11. The summed E-state index contributed by atoms with van der Waals surface area (Å²) in [7, 11) is 0. The van der Waals surface area contributed by atoms with E-state index in [1.54, 1.807) is 0 Å². The van der Waals surface area contributed by atoms with Crippen LogP contribution in [0.1, 0.15) is 5.56 Å². The Bertz CT molecular complexity index is 4350. The Kier molecular flexibility index (Phi) is 9.69. The third kappa shape index (κ3) is 6.70. The van der Waals surface area contributed by atoms with Gasteiger partial charge in [-0.3, -0.25) is 0 Å². The Hall–Kier alpha value is -10.6. The van der Waals surface area contributed by atoms with Crippen molar-refractivity contribution < 1.29 is 0 Å². The summed E-state index contributed by atoms with van der Waals surface area (Å²) in [6.45, 7) is 4.07. The van der Waals surface area contributed by atoms with Crippen LogP contribution in [0.5, 0.6) is 0 Å². The molecule has 16 rings (SSSR count). The molecule has 0 aliphatic carbocycles. The van der Waals surface area contributed by atoms with Gasteiger partial charge in [0.05, 0.1) is 55.5 Å². The molecule has 0 aliphatic heterocycles. The molecule has 0 saturated heterocycles. The van der Waals surface area contributed by atoms with Gasteiger partial charge in [-0.05, 0) is 96.6 Å². The van der Waals surface area contributed by atoms with Crippen LogP contribution in [0.2, 0.25) is 0 Å². The van der Waals surface area contributed by atoms with E-state index in [0.29, 0.717) is 5.82 Å². The molecule has 0 N–H and O–H groups in total. The van der Waals surface area contributed by atoms with Crippen LogP contribution < -0.4 is 0 Å². The first-order chi connectivity index (χ1) is 38.6. The van der Waals surface area contributed by atoms with Crippen LogP contribution in [-0.2, 0) is 0 Å². The van der Waals surface area contributed by atoms with Crippen molar-refractivity contribution in [2.24, 2.45) is 0 Å². The number of hydrogen-bond acceptors (Lipinski definition) is 2. The predicted octanol–water partition coefficient (Wildman–Crippen LogP) is 18.5. The van der Waals surface area contributed by atoms with Crippen LogP contribution in [0, 0.1) is 0 Å². The minimum atomic E-state index is 0.625. The van der Waals surface area contributed by atoms with Crippen LogP contribution in [0.4, 0.5) is 0 Å². The van der Waals surface area contributed by atoms with Gasteiger partial charge in [-0.1, -0.05) is 183 Å². The highest BCUT2D eigenvalue weighted by molar-refractivity contribution is 6.13. The van der Waals surface area contributed by atoms with Crippen molar-refractivity contribution in [2.75, 3.05) is 0 Å². The van der Waals surface area contributed by atoms with Crippen molar-refractivity contribution >= 4 is 93.3 Å². The summed E-state index contributed by atoms with van der Waals surface area (Å²) in [5, 5.41) is 9.62. The van der Waals surface area contributed by atoms with Gasteiger partial charge in [-0.15, -0.1) is 0 Å². The van der Waals surface area contributed by atoms with Crippen LogP contribution in [0.15, 0.2) is 267 Å². The second-order valence-electron chi connectivity index (χ2n) is 20.2. The van der Waals surface area contributed by atoms with E-state index in [1.807, 2.05) is 6.08 Å². The number of rotatable bonds is 8. The van der Waals surface area contributed by atoms with Crippen molar-refractivity contribution in [3.8, 4) is 56.7 Å². The lowest BCUT2D eigenvalue weighted by Gasteiger charge is -2.18. The monoisotopic (exact) mass is 994 g/mol. The SMILES string of the molecule is C=Cc1ccc(-c2nc(-c3cc(-n4c5ccccc5c5ccccc54)cc(-n4c5ccccc5c5ccccc54)c3)cc(-c3cc(-n4c5ccccc5c5ccccc54)cc(-n4c5ccccc5c5ccccc54)c3)n2)cc1.